The predicted octanol–water partition coefficient (Wildman–Crippen LogP) is 3.82. The highest BCUT2D eigenvalue weighted by Crippen LogP contribution is 2.19. The van der Waals surface area contributed by atoms with E-state index in [1.165, 1.54) is 6.07 Å². The number of H-pyrrole nitrogens is 1. The normalized spacial score (nSPS) is 10.9. The van der Waals surface area contributed by atoms with E-state index in [2.05, 4.69) is 32.6 Å². The van der Waals surface area contributed by atoms with Crippen LogP contribution in [-0.4, -0.2) is 26.2 Å². The third-order valence-corrected chi connectivity index (χ3v) is 4.15. The lowest BCUT2D eigenvalue weighted by atomic mass is 10.1. The molecular formula is C19H22FN5O2. The first kappa shape index (κ1) is 18.8. The molecule has 0 saturated carbocycles. The van der Waals surface area contributed by atoms with E-state index in [9.17, 15) is 9.18 Å². The second-order valence-electron chi connectivity index (χ2n) is 6.41. The predicted molar refractivity (Wildman–Crippen MR) is 98.6 cm³/mol. The van der Waals surface area contributed by atoms with Gasteiger partial charge in [0.25, 0.3) is 0 Å². The zero-order chi connectivity index (χ0) is 19.2. The number of aromatic amines is 1. The lowest BCUT2D eigenvalue weighted by Gasteiger charge is -1.99. The summed E-state index contributed by atoms with van der Waals surface area (Å²) < 4.78 is 18.5. The topological polar surface area (TPSA) is 96.7 Å². The van der Waals surface area contributed by atoms with Crippen molar-refractivity contribution in [3.63, 3.8) is 0 Å². The van der Waals surface area contributed by atoms with Crippen molar-refractivity contribution in [2.24, 2.45) is 0 Å². The summed E-state index contributed by atoms with van der Waals surface area (Å²) in [7, 11) is 0. The fourth-order valence-electron chi connectivity index (χ4n) is 2.60. The average molecular weight is 371 g/mol. The monoisotopic (exact) mass is 371 g/mol. The van der Waals surface area contributed by atoms with Crippen molar-refractivity contribution in [1.82, 2.24) is 20.3 Å². The number of aryl methyl sites for hydroxylation is 3. The number of unbranched alkanes of at least 4 members (excludes halogenated alkanes) is 1. The molecule has 3 rings (SSSR count). The third kappa shape index (κ3) is 4.99. The number of nitrogens with zero attached hydrogens (tertiary/aromatic N) is 3. The first-order valence-corrected chi connectivity index (χ1v) is 8.98. The highest BCUT2D eigenvalue weighted by Gasteiger charge is 2.12. The van der Waals surface area contributed by atoms with Gasteiger partial charge in [-0.2, -0.15) is 10.1 Å². The number of rotatable bonds is 8. The van der Waals surface area contributed by atoms with Crippen molar-refractivity contribution in [3.05, 3.63) is 47.2 Å². The van der Waals surface area contributed by atoms with Crippen LogP contribution in [0.1, 0.15) is 43.3 Å². The summed E-state index contributed by atoms with van der Waals surface area (Å²) >= 11 is 0. The molecule has 0 aliphatic rings. The number of hydrogen-bond acceptors (Lipinski definition) is 5. The van der Waals surface area contributed by atoms with Gasteiger partial charge in [0.2, 0.25) is 17.6 Å². The summed E-state index contributed by atoms with van der Waals surface area (Å²) in [6, 6.07) is 6.46. The van der Waals surface area contributed by atoms with E-state index in [-0.39, 0.29) is 18.1 Å². The van der Waals surface area contributed by atoms with E-state index in [1.54, 1.807) is 19.1 Å². The maximum Gasteiger partial charge on any atom is 0.227 e. The molecule has 27 heavy (non-hydrogen) atoms. The van der Waals surface area contributed by atoms with Crippen LogP contribution in [-0.2, 0) is 17.6 Å². The summed E-state index contributed by atoms with van der Waals surface area (Å²) in [5.74, 6) is 0.782. The Labute approximate surface area is 156 Å². The molecule has 1 aromatic carbocycles. The van der Waals surface area contributed by atoms with Crippen LogP contribution in [0.5, 0.6) is 0 Å². The quantitative estimate of drug-likeness (QED) is 0.627. The minimum atomic E-state index is -0.282. The van der Waals surface area contributed by atoms with Gasteiger partial charge in [-0.1, -0.05) is 18.5 Å². The SMILES string of the molecule is CCCCc1cc(NC(=O)CCc2nc(-c3ccc(F)c(C)c3)no2)n[nH]1. The van der Waals surface area contributed by atoms with Gasteiger partial charge < -0.3 is 9.84 Å². The van der Waals surface area contributed by atoms with E-state index >= 15 is 0 Å². The second-order valence-corrected chi connectivity index (χ2v) is 6.41. The zero-order valence-corrected chi connectivity index (χ0v) is 15.4. The molecule has 3 aromatic rings. The number of nitrogens with one attached hydrogen (secondary N) is 2. The fraction of sp³-hybridized carbons (Fsp3) is 0.368. The Hall–Kier alpha value is -3.03. The van der Waals surface area contributed by atoms with Gasteiger partial charge in [-0.15, -0.1) is 0 Å². The van der Waals surface area contributed by atoms with Gasteiger partial charge in [0.1, 0.15) is 5.82 Å². The Morgan fingerprint density at radius 1 is 1.30 bits per heavy atom. The van der Waals surface area contributed by atoms with Crippen molar-refractivity contribution in [2.75, 3.05) is 5.32 Å². The second kappa shape index (κ2) is 8.57. The summed E-state index contributed by atoms with van der Waals surface area (Å²) in [6.45, 7) is 3.80. The molecule has 7 nitrogen and oxygen atoms in total. The maximum atomic E-state index is 13.4. The van der Waals surface area contributed by atoms with Crippen LogP contribution in [0.15, 0.2) is 28.8 Å². The van der Waals surface area contributed by atoms with Gasteiger partial charge in [0, 0.05) is 30.2 Å². The maximum absolute atomic E-state index is 13.4. The highest BCUT2D eigenvalue weighted by atomic mass is 19.1. The van der Waals surface area contributed by atoms with E-state index in [0.29, 0.717) is 35.1 Å². The number of hydrogen-bond donors (Lipinski definition) is 2. The van der Waals surface area contributed by atoms with Crippen LogP contribution in [0.25, 0.3) is 11.4 Å². The Morgan fingerprint density at radius 2 is 2.15 bits per heavy atom. The molecule has 142 valence electrons. The van der Waals surface area contributed by atoms with Gasteiger partial charge in [-0.3, -0.25) is 9.89 Å². The van der Waals surface area contributed by atoms with Crippen LogP contribution in [0.2, 0.25) is 0 Å². The van der Waals surface area contributed by atoms with Crippen molar-refractivity contribution in [2.45, 2.75) is 46.0 Å². The summed E-state index contributed by atoms with van der Waals surface area (Å²) in [6.07, 6.45) is 3.59. The largest absolute Gasteiger partial charge is 0.339 e. The van der Waals surface area contributed by atoms with Crippen molar-refractivity contribution in [3.8, 4) is 11.4 Å². The fourth-order valence-corrected chi connectivity index (χ4v) is 2.60. The molecular weight excluding hydrogens is 349 g/mol. The standard InChI is InChI=1S/C19H22FN5O2/c1-3-4-5-14-11-16(24-23-14)21-17(26)8-9-18-22-19(25-27-18)13-6-7-15(20)12(2)10-13/h6-7,10-11H,3-5,8-9H2,1-2H3,(H2,21,23,24,26). The molecule has 2 N–H and O–H groups in total. The van der Waals surface area contributed by atoms with Crippen molar-refractivity contribution >= 4 is 11.7 Å². The zero-order valence-electron chi connectivity index (χ0n) is 15.4. The summed E-state index contributed by atoms with van der Waals surface area (Å²) in [5, 5.41) is 13.6. The molecule has 0 aliphatic carbocycles. The first-order valence-electron chi connectivity index (χ1n) is 8.98. The van der Waals surface area contributed by atoms with E-state index in [4.69, 9.17) is 4.52 Å². The number of halogens is 1. The van der Waals surface area contributed by atoms with Gasteiger partial charge in [0.05, 0.1) is 0 Å². The molecule has 0 unspecified atom stereocenters. The molecule has 8 heteroatoms. The van der Waals surface area contributed by atoms with Crippen LogP contribution in [0.4, 0.5) is 10.2 Å². The van der Waals surface area contributed by atoms with Crippen molar-refractivity contribution in [1.29, 1.82) is 0 Å². The first-order chi connectivity index (χ1) is 13.0. The molecule has 2 heterocycles. The Balaban J connectivity index is 1.52. The molecule has 0 saturated heterocycles. The number of aromatic nitrogens is 4. The van der Waals surface area contributed by atoms with Crippen LogP contribution in [0, 0.1) is 12.7 Å². The number of anilines is 1. The number of carbonyl (C=O) groups excluding carboxylic acids is 1. The van der Waals surface area contributed by atoms with E-state index in [1.807, 2.05) is 6.07 Å². The number of carbonyl (C=O) groups is 1. The smallest absolute Gasteiger partial charge is 0.227 e. The molecule has 0 fully saturated rings. The number of benzene rings is 1. The molecule has 2 aromatic heterocycles. The molecule has 0 aliphatic heterocycles. The Morgan fingerprint density at radius 3 is 2.93 bits per heavy atom. The van der Waals surface area contributed by atoms with Gasteiger partial charge in [0.15, 0.2) is 5.82 Å². The van der Waals surface area contributed by atoms with Gasteiger partial charge >= 0.3 is 0 Å². The lowest BCUT2D eigenvalue weighted by molar-refractivity contribution is -0.116. The van der Waals surface area contributed by atoms with Gasteiger partial charge in [-0.25, -0.2) is 4.39 Å². The Kier molecular flexibility index (Phi) is 5.95. The van der Waals surface area contributed by atoms with Crippen LogP contribution >= 0.6 is 0 Å². The average Bonchev–Trinajstić information content (AvgIpc) is 3.30. The van der Waals surface area contributed by atoms with Crippen LogP contribution < -0.4 is 5.32 Å². The highest BCUT2D eigenvalue weighted by molar-refractivity contribution is 5.89. The third-order valence-electron chi connectivity index (χ3n) is 4.15. The van der Waals surface area contributed by atoms with Gasteiger partial charge in [-0.05, 0) is 43.5 Å². The lowest BCUT2D eigenvalue weighted by Crippen LogP contribution is -2.12. The molecule has 0 spiro atoms. The van der Waals surface area contributed by atoms with E-state index in [0.717, 1.165) is 25.0 Å². The summed E-state index contributed by atoms with van der Waals surface area (Å²) in [5.41, 5.74) is 2.18. The molecule has 0 radical (unpaired) electrons. The molecule has 1 amide bonds. The summed E-state index contributed by atoms with van der Waals surface area (Å²) in [4.78, 5) is 16.3. The van der Waals surface area contributed by atoms with Crippen LogP contribution in [0.3, 0.4) is 0 Å². The molecule has 0 bridgehead atoms. The minimum Gasteiger partial charge on any atom is -0.339 e. The number of amides is 1. The molecule has 0 atom stereocenters. The van der Waals surface area contributed by atoms with Crippen molar-refractivity contribution < 1.29 is 13.7 Å². The van der Waals surface area contributed by atoms with E-state index < -0.39 is 0 Å². The minimum absolute atomic E-state index is 0.180. The Bertz CT molecular complexity index is 918.